The summed E-state index contributed by atoms with van der Waals surface area (Å²) >= 11 is 0. The molecule has 4 amide bonds. The van der Waals surface area contributed by atoms with Crippen LogP contribution in [-0.2, 0) is 25.6 Å². The minimum Gasteiger partial charge on any atom is -0.346 e. The zero-order chi connectivity index (χ0) is 30.3. The summed E-state index contributed by atoms with van der Waals surface area (Å²) in [6, 6.07) is 17.2. The van der Waals surface area contributed by atoms with Crippen molar-refractivity contribution in [2.45, 2.75) is 37.8 Å². The standard InChI is InChI=1S/C30H40N8O4/c31-13-15-38(16-14-32)28(40)18-24(33)29(41)35-20-27(39)37-26(12-6-9-21-7-2-1-3-8-21)30(42)36-23-17-22-10-4-5-11-25(22)34-19-23/h1-5,7-8,10-11,17,19,24,26H,6,9,12-16,18,20,31-33H2,(H,35,41)(H,36,42)(H,37,39)/t24-,26-/m0/s1. The Kier molecular flexibility index (Phi) is 12.8. The highest BCUT2D eigenvalue weighted by atomic mass is 16.2. The lowest BCUT2D eigenvalue weighted by atomic mass is 10.0. The number of hydrogen-bond acceptors (Lipinski definition) is 8. The SMILES string of the molecule is NCCN(CCN)C(=O)C[C@H](N)C(=O)NCC(=O)N[C@@H](CCCc1ccccc1)C(=O)Nc1cnc2ccccc2c1. The fourth-order valence-electron chi connectivity index (χ4n) is 4.42. The summed E-state index contributed by atoms with van der Waals surface area (Å²) in [5.41, 5.74) is 19.4. The minimum absolute atomic E-state index is 0.252. The van der Waals surface area contributed by atoms with Crippen LogP contribution in [0.15, 0.2) is 66.9 Å². The number of nitrogens with one attached hydrogen (secondary N) is 3. The van der Waals surface area contributed by atoms with Gasteiger partial charge in [-0.25, -0.2) is 0 Å². The molecule has 2 aromatic carbocycles. The van der Waals surface area contributed by atoms with Gasteiger partial charge >= 0.3 is 0 Å². The Hall–Kier alpha value is -4.39. The molecule has 12 heteroatoms. The van der Waals surface area contributed by atoms with Gasteiger partial charge in [0, 0.05) is 31.6 Å². The van der Waals surface area contributed by atoms with Crippen molar-refractivity contribution in [2.75, 3.05) is 38.0 Å². The molecule has 0 aliphatic carbocycles. The Balaban J connectivity index is 1.58. The number of benzene rings is 2. The molecule has 3 rings (SSSR count). The first kappa shape index (κ1) is 32.1. The second-order valence-electron chi connectivity index (χ2n) is 9.89. The number of pyridine rings is 1. The molecule has 0 radical (unpaired) electrons. The topological polar surface area (TPSA) is 199 Å². The first-order chi connectivity index (χ1) is 20.3. The predicted molar refractivity (Wildman–Crippen MR) is 162 cm³/mol. The Morgan fingerprint density at radius 1 is 0.905 bits per heavy atom. The van der Waals surface area contributed by atoms with Gasteiger partial charge in [-0.05, 0) is 37.0 Å². The van der Waals surface area contributed by atoms with Gasteiger partial charge in [-0.2, -0.15) is 0 Å². The summed E-state index contributed by atoms with van der Waals surface area (Å²) in [4.78, 5) is 56.8. The number of hydrogen-bond donors (Lipinski definition) is 6. The Labute approximate surface area is 245 Å². The van der Waals surface area contributed by atoms with Crippen molar-refractivity contribution >= 4 is 40.2 Å². The van der Waals surface area contributed by atoms with E-state index in [0.29, 0.717) is 31.6 Å². The molecule has 0 fully saturated rings. The number of rotatable bonds is 16. The van der Waals surface area contributed by atoms with Crippen LogP contribution in [-0.4, -0.2) is 78.3 Å². The van der Waals surface area contributed by atoms with E-state index < -0.39 is 36.3 Å². The fourth-order valence-corrected chi connectivity index (χ4v) is 4.42. The molecule has 42 heavy (non-hydrogen) atoms. The maximum Gasteiger partial charge on any atom is 0.246 e. The number of nitrogens with two attached hydrogens (primary N) is 3. The van der Waals surface area contributed by atoms with E-state index in [4.69, 9.17) is 17.2 Å². The van der Waals surface area contributed by atoms with Gasteiger partial charge in [0.25, 0.3) is 0 Å². The lowest BCUT2D eigenvalue weighted by molar-refractivity contribution is -0.134. The second kappa shape index (κ2) is 16.8. The van der Waals surface area contributed by atoms with Crippen LogP contribution in [0.2, 0.25) is 0 Å². The van der Waals surface area contributed by atoms with Crippen LogP contribution in [0, 0.1) is 0 Å². The van der Waals surface area contributed by atoms with Gasteiger partial charge < -0.3 is 38.1 Å². The van der Waals surface area contributed by atoms with Crippen molar-refractivity contribution in [2.24, 2.45) is 17.2 Å². The van der Waals surface area contributed by atoms with Crippen molar-refractivity contribution in [1.82, 2.24) is 20.5 Å². The Morgan fingerprint density at radius 2 is 1.60 bits per heavy atom. The third-order valence-electron chi connectivity index (χ3n) is 6.62. The Bertz CT molecular complexity index is 1330. The van der Waals surface area contributed by atoms with E-state index >= 15 is 0 Å². The molecule has 0 aliphatic heterocycles. The van der Waals surface area contributed by atoms with Crippen LogP contribution in [0.1, 0.15) is 24.8 Å². The highest BCUT2D eigenvalue weighted by molar-refractivity contribution is 5.99. The van der Waals surface area contributed by atoms with Crippen LogP contribution >= 0.6 is 0 Å². The summed E-state index contributed by atoms with van der Waals surface area (Å²) in [6.45, 7) is 0.706. The van der Waals surface area contributed by atoms with Crippen LogP contribution in [0.5, 0.6) is 0 Å². The van der Waals surface area contributed by atoms with Gasteiger partial charge in [-0.1, -0.05) is 48.5 Å². The van der Waals surface area contributed by atoms with Gasteiger partial charge in [0.05, 0.1) is 36.4 Å². The number of anilines is 1. The number of carbonyl (C=O) groups excluding carboxylic acids is 4. The molecule has 224 valence electrons. The molecule has 0 saturated carbocycles. The molecule has 9 N–H and O–H groups in total. The number of amides is 4. The van der Waals surface area contributed by atoms with E-state index in [-0.39, 0.29) is 25.4 Å². The third kappa shape index (κ3) is 10.2. The lowest BCUT2D eigenvalue weighted by Gasteiger charge is -2.23. The summed E-state index contributed by atoms with van der Waals surface area (Å²) in [5.74, 6) is -1.98. The van der Waals surface area contributed by atoms with Crippen LogP contribution in [0.3, 0.4) is 0 Å². The molecule has 0 saturated heterocycles. The number of nitrogens with zero attached hydrogens (tertiary/aromatic N) is 2. The number of para-hydroxylation sites is 1. The first-order valence-corrected chi connectivity index (χ1v) is 14.0. The summed E-state index contributed by atoms with van der Waals surface area (Å²) in [5, 5.41) is 8.87. The lowest BCUT2D eigenvalue weighted by Crippen LogP contribution is -2.50. The average Bonchev–Trinajstić information content (AvgIpc) is 2.99. The number of aromatic nitrogens is 1. The number of fused-ring (bicyclic) bond motifs is 1. The zero-order valence-electron chi connectivity index (χ0n) is 23.6. The summed E-state index contributed by atoms with van der Waals surface area (Å²) in [7, 11) is 0. The van der Waals surface area contributed by atoms with Crippen molar-refractivity contribution in [3.8, 4) is 0 Å². The van der Waals surface area contributed by atoms with Gasteiger partial charge in [0.15, 0.2) is 0 Å². The first-order valence-electron chi connectivity index (χ1n) is 14.0. The monoisotopic (exact) mass is 576 g/mol. The van der Waals surface area contributed by atoms with Crippen LogP contribution in [0.4, 0.5) is 5.69 Å². The van der Waals surface area contributed by atoms with E-state index in [9.17, 15) is 19.2 Å². The van der Waals surface area contributed by atoms with Crippen molar-refractivity contribution in [1.29, 1.82) is 0 Å². The normalized spacial score (nSPS) is 12.3. The van der Waals surface area contributed by atoms with E-state index in [1.54, 1.807) is 6.20 Å². The molecule has 0 bridgehead atoms. The largest absolute Gasteiger partial charge is 0.346 e. The summed E-state index contributed by atoms with van der Waals surface area (Å²) in [6.07, 6.45) is 3.04. The maximum atomic E-state index is 13.2. The molecule has 12 nitrogen and oxygen atoms in total. The number of aryl methyl sites for hydroxylation is 1. The van der Waals surface area contributed by atoms with E-state index in [2.05, 4.69) is 20.9 Å². The zero-order valence-corrected chi connectivity index (χ0v) is 23.6. The number of carbonyl (C=O) groups is 4. The maximum absolute atomic E-state index is 13.2. The molecule has 0 aliphatic rings. The van der Waals surface area contributed by atoms with Crippen molar-refractivity contribution < 1.29 is 19.2 Å². The summed E-state index contributed by atoms with van der Waals surface area (Å²) < 4.78 is 0. The Morgan fingerprint density at radius 3 is 2.31 bits per heavy atom. The van der Waals surface area contributed by atoms with Gasteiger partial charge in [-0.3, -0.25) is 24.2 Å². The van der Waals surface area contributed by atoms with E-state index in [0.717, 1.165) is 22.9 Å². The second-order valence-corrected chi connectivity index (χ2v) is 9.89. The van der Waals surface area contributed by atoms with Gasteiger partial charge in [0.1, 0.15) is 6.04 Å². The average molecular weight is 577 g/mol. The smallest absolute Gasteiger partial charge is 0.246 e. The molecule has 1 aromatic heterocycles. The van der Waals surface area contributed by atoms with Crippen LogP contribution in [0.25, 0.3) is 10.9 Å². The van der Waals surface area contributed by atoms with E-state index in [1.807, 2.05) is 60.7 Å². The predicted octanol–water partition coefficient (Wildman–Crippen LogP) is 0.261. The highest BCUT2D eigenvalue weighted by Gasteiger charge is 2.24. The van der Waals surface area contributed by atoms with Crippen molar-refractivity contribution in [3.63, 3.8) is 0 Å². The molecule has 2 atom stereocenters. The molecule has 0 spiro atoms. The molecule has 0 unspecified atom stereocenters. The highest BCUT2D eigenvalue weighted by Crippen LogP contribution is 2.17. The molecule has 3 aromatic rings. The molecular formula is C30H40N8O4. The quantitative estimate of drug-likeness (QED) is 0.139. The molecular weight excluding hydrogens is 536 g/mol. The van der Waals surface area contributed by atoms with Crippen molar-refractivity contribution in [3.05, 3.63) is 72.4 Å². The van der Waals surface area contributed by atoms with Crippen LogP contribution < -0.4 is 33.2 Å². The fraction of sp³-hybridized carbons (Fsp3) is 0.367. The van der Waals surface area contributed by atoms with Gasteiger partial charge in [0.2, 0.25) is 23.6 Å². The third-order valence-corrected chi connectivity index (χ3v) is 6.62. The van der Waals surface area contributed by atoms with Gasteiger partial charge in [-0.15, -0.1) is 0 Å². The van der Waals surface area contributed by atoms with E-state index in [1.165, 1.54) is 4.90 Å². The minimum atomic E-state index is -1.16. The molecule has 1 heterocycles.